The first kappa shape index (κ1) is 26.8. The monoisotopic (exact) mass is 539 g/mol. The van der Waals surface area contributed by atoms with E-state index in [-0.39, 0.29) is 11.9 Å². The van der Waals surface area contributed by atoms with Gasteiger partial charge in [0.05, 0.1) is 10.9 Å². The first-order valence-corrected chi connectivity index (χ1v) is 14.6. The lowest BCUT2D eigenvalue weighted by Gasteiger charge is -2.34. The largest absolute Gasteiger partial charge is 0.341 e. The summed E-state index contributed by atoms with van der Waals surface area (Å²) in [5, 5.41) is 3.23. The van der Waals surface area contributed by atoms with Gasteiger partial charge in [0.15, 0.2) is 0 Å². The minimum absolute atomic E-state index is 0.126. The van der Waals surface area contributed by atoms with Gasteiger partial charge < -0.3 is 5.32 Å². The van der Waals surface area contributed by atoms with Crippen LogP contribution in [0, 0.1) is 6.92 Å². The summed E-state index contributed by atoms with van der Waals surface area (Å²) in [6, 6.07) is 34.2. The summed E-state index contributed by atoms with van der Waals surface area (Å²) in [5.74, 6) is -0.126. The van der Waals surface area contributed by atoms with Crippen molar-refractivity contribution in [1.29, 1.82) is 0 Å². The fourth-order valence-corrected chi connectivity index (χ4v) is 6.44. The number of aryl methyl sites for hydroxylation is 1. The molecule has 1 aliphatic heterocycles. The first-order chi connectivity index (χ1) is 18.9. The third-order valence-electron chi connectivity index (χ3n) is 7.24. The Labute approximate surface area is 231 Å². The molecule has 0 aromatic heterocycles. The van der Waals surface area contributed by atoms with Gasteiger partial charge in [-0.25, -0.2) is 8.42 Å². The molecule has 4 aromatic carbocycles. The molecule has 0 radical (unpaired) electrons. The number of hydrogen-bond acceptors (Lipinski definition) is 4. The van der Waals surface area contributed by atoms with Crippen LogP contribution in [-0.4, -0.2) is 49.7 Å². The second kappa shape index (κ2) is 11.9. The lowest BCUT2D eigenvalue weighted by atomic mass is 9.94. The first-order valence-electron chi connectivity index (χ1n) is 13.2. The highest BCUT2D eigenvalue weighted by Crippen LogP contribution is 2.25. The summed E-state index contributed by atoms with van der Waals surface area (Å²) < 4.78 is 27.4. The van der Waals surface area contributed by atoms with E-state index in [9.17, 15) is 13.2 Å². The number of carbonyl (C=O) groups excluding carboxylic acids is 1. The summed E-state index contributed by atoms with van der Waals surface area (Å²) in [6.07, 6.45) is 0. The zero-order valence-corrected chi connectivity index (χ0v) is 22.8. The van der Waals surface area contributed by atoms with Crippen LogP contribution in [0.5, 0.6) is 0 Å². The molecule has 1 N–H and O–H groups in total. The van der Waals surface area contributed by atoms with E-state index < -0.39 is 10.0 Å². The number of nitrogens with zero attached hydrogens (tertiary/aromatic N) is 2. The van der Waals surface area contributed by atoms with Crippen molar-refractivity contribution in [3.05, 3.63) is 137 Å². The molecule has 1 amide bonds. The van der Waals surface area contributed by atoms with Crippen LogP contribution in [0.2, 0.25) is 0 Å². The van der Waals surface area contributed by atoms with Crippen LogP contribution >= 0.6 is 0 Å². The zero-order valence-electron chi connectivity index (χ0n) is 22.0. The van der Waals surface area contributed by atoms with E-state index in [1.54, 1.807) is 28.6 Å². The van der Waals surface area contributed by atoms with Gasteiger partial charge in [0.25, 0.3) is 5.91 Å². The molecule has 1 fully saturated rings. The molecule has 5 rings (SSSR count). The molecule has 7 heteroatoms. The SMILES string of the molecule is Cc1ccccc1[C@@H](NC(=O)c1ccc(CN2CCN(S(=O)(=O)c3ccccc3)CC2)cc1)c1ccccc1. The van der Waals surface area contributed by atoms with Crippen LogP contribution in [0.25, 0.3) is 0 Å². The number of piperazine rings is 1. The van der Waals surface area contributed by atoms with Crippen molar-refractivity contribution in [2.24, 2.45) is 0 Å². The van der Waals surface area contributed by atoms with Crippen molar-refractivity contribution in [2.75, 3.05) is 26.2 Å². The standard InChI is InChI=1S/C32H33N3O3S/c1-25-10-8-9-15-30(25)31(27-11-4-2-5-12-27)33-32(36)28-18-16-26(17-19-28)24-34-20-22-35(23-21-34)39(37,38)29-13-6-3-7-14-29/h2-19,31H,20-24H2,1H3,(H,33,36)/t31-/m0/s1. The minimum Gasteiger partial charge on any atom is -0.341 e. The number of sulfonamides is 1. The van der Waals surface area contributed by atoms with Gasteiger partial charge in [-0.1, -0.05) is 84.9 Å². The second-order valence-corrected chi connectivity index (χ2v) is 11.8. The van der Waals surface area contributed by atoms with E-state index in [1.807, 2.05) is 72.8 Å². The Bertz CT molecular complexity index is 1500. The maximum absolute atomic E-state index is 13.3. The van der Waals surface area contributed by atoms with Crippen LogP contribution in [0.3, 0.4) is 0 Å². The topological polar surface area (TPSA) is 69.7 Å². The van der Waals surface area contributed by atoms with Gasteiger partial charge in [-0.3, -0.25) is 9.69 Å². The average Bonchev–Trinajstić information content (AvgIpc) is 2.98. The van der Waals surface area contributed by atoms with Gasteiger partial charge in [-0.2, -0.15) is 4.31 Å². The molecule has 1 heterocycles. The third-order valence-corrected chi connectivity index (χ3v) is 9.16. The van der Waals surface area contributed by atoms with Crippen molar-refractivity contribution in [1.82, 2.24) is 14.5 Å². The Balaban J connectivity index is 1.21. The summed E-state index contributed by atoms with van der Waals surface area (Å²) in [4.78, 5) is 15.9. The maximum atomic E-state index is 13.3. The Kier molecular flexibility index (Phi) is 8.21. The highest BCUT2D eigenvalue weighted by atomic mass is 32.2. The molecule has 0 aliphatic carbocycles. The van der Waals surface area contributed by atoms with Crippen LogP contribution in [-0.2, 0) is 16.6 Å². The molecule has 1 atom stereocenters. The fourth-order valence-electron chi connectivity index (χ4n) is 5.00. The molecular weight excluding hydrogens is 506 g/mol. The van der Waals surface area contributed by atoms with E-state index in [4.69, 9.17) is 0 Å². The van der Waals surface area contributed by atoms with Crippen LogP contribution in [0.15, 0.2) is 114 Å². The number of hydrogen-bond donors (Lipinski definition) is 1. The minimum atomic E-state index is -3.46. The van der Waals surface area contributed by atoms with Crippen molar-refractivity contribution in [2.45, 2.75) is 24.4 Å². The van der Waals surface area contributed by atoms with E-state index in [0.29, 0.717) is 43.2 Å². The van der Waals surface area contributed by atoms with Gasteiger partial charge in [-0.15, -0.1) is 0 Å². The molecule has 200 valence electrons. The van der Waals surface area contributed by atoms with E-state index in [1.165, 1.54) is 0 Å². The van der Waals surface area contributed by atoms with E-state index >= 15 is 0 Å². The van der Waals surface area contributed by atoms with Crippen molar-refractivity contribution in [3.8, 4) is 0 Å². The summed E-state index contributed by atoms with van der Waals surface area (Å²) in [5.41, 5.74) is 4.92. The number of nitrogens with one attached hydrogen (secondary N) is 1. The van der Waals surface area contributed by atoms with Gasteiger partial charge >= 0.3 is 0 Å². The zero-order chi connectivity index (χ0) is 27.2. The summed E-state index contributed by atoms with van der Waals surface area (Å²) in [7, 11) is -3.46. The van der Waals surface area contributed by atoms with Gasteiger partial charge in [0, 0.05) is 38.3 Å². The number of amides is 1. The highest BCUT2D eigenvalue weighted by Gasteiger charge is 2.28. The van der Waals surface area contributed by atoms with Gasteiger partial charge in [0.2, 0.25) is 10.0 Å². The molecule has 0 saturated carbocycles. The van der Waals surface area contributed by atoms with Gasteiger partial charge in [0.1, 0.15) is 0 Å². The molecular formula is C32H33N3O3S. The Hall–Kier alpha value is -3.78. The van der Waals surface area contributed by atoms with Crippen molar-refractivity contribution < 1.29 is 13.2 Å². The fraction of sp³-hybridized carbons (Fsp3) is 0.219. The number of rotatable bonds is 8. The molecule has 0 bridgehead atoms. The number of carbonyl (C=O) groups is 1. The molecule has 6 nitrogen and oxygen atoms in total. The Morgan fingerprint density at radius 3 is 2.00 bits per heavy atom. The highest BCUT2D eigenvalue weighted by molar-refractivity contribution is 7.89. The molecule has 0 unspecified atom stereocenters. The molecule has 1 saturated heterocycles. The molecule has 39 heavy (non-hydrogen) atoms. The molecule has 0 spiro atoms. The number of benzene rings is 4. The predicted octanol–water partition coefficient (Wildman–Crippen LogP) is 5.02. The summed E-state index contributed by atoms with van der Waals surface area (Å²) >= 11 is 0. The van der Waals surface area contributed by atoms with Crippen LogP contribution in [0.4, 0.5) is 0 Å². The third kappa shape index (κ3) is 6.28. The van der Waals surface area contributed by atoms with E-state index in [0.717, 1.165) is 22.3 Å². The smallest absolute Gasteiger partial charge is 0.252 e. The predicted molar refractivity (Wildman–Crippen MR) is 154 cm³/mol. The maximum Gasteiger partial charge on any atom is 0.252 e. The van der Waals surface area contributed by atoms with Crippen molar-refractivity contribution >= 4 is 15.9 Å². The Morgan fingerprint density at radius 1 is 0.769 bits per heavy atom. The Morgan fingerprint density at radius 2 is 1.36 bits per heavy atom. The normalized spacial score (nSPS) is 15.5. The second-order valence-electron chi connectivity index (χ2n) is 9.86. The van der Waals surface area contributed by atoms with Crippen LogP contribution < -0.4 is 5.32 Å². The van der Waals surface area contributed by atoms with Gasteiger partial charge in [-0.05, 0) is 53.4 Å². The van der Waals surface area contributed by atoms with Crippen molar-refractivity contribution in [3.63, 3.8) is 0 Å². The summed E-state index contributed by atoms with van der Waals surface area (Å²) in [6.45, 7) is 4.99. The lowest BCUT2D eigenvalue weighted by Crippen LogP contribution is -2.48. The quantitative estimate of drug-likeness (QED) is 0.341. The molecule has 1 aliphatic rings. The van der Waals surface area contributed by atoms with E-state index in [2.05, 4.69) is 29.3 Å². The average molecular weight is 540 g/mol. The molecule has 4 aromatic rings. The lowest BCUT2D eigenvalue weighted by molar-refractivity contribution is 0.0943. The van der Waals surface area contributed by atoms with Crippen LogP contribution in [0.1, 0.15) is 38.7 Å².